The van der Waals surface area contributed by atoms with Crippen molar-refractivity contribution in [3.63, 3.8) is 0 Å². The lowest BCUT2D eigenvalue weighted by molar-refractivity contribution is -0.145. The molecule has 1 saturated heterocycles. The molecule has 1 unspecified atom stereocenters. The number of carbonyl (C=O) groups is 1. The van der Waals surface area contributed by atoms with Crippen LogP contribution < -0.4 is 4.74 Å². The zero-order valence-electron chi connectivity index (χ0n) is 14.0. The fraction of sp³-hybridized carbons (Fsp3) is 0.632. The highest BCUT2D eigenvalue weighted by Crippen LogP contribution is 2.49. The largest absolute Gasteiger partial charge is 0.496 e. The van der Waals surface area contributed by atoms with Gasteiger partial charge in [-0.15, -0.1) is 0 Å². The molecule has 126 valence electrons. The van der Waals surface area contributed by atoms with Crippen molar-refractivity contribution in [2.75, 3.05) is 20.3 Å². The van der Waals surface area contributed by atoms with Gasteiger partial charge in [-0.1, -0.05) is 24.6 Å². The number of benzene rings is 1. The number of amides is 1. The van der Waals surface area contributed by atoms with Crippen molar-refractivity contribution in [3.8, 4) is 5.75 Å². The first-order valence-electron chi connectivity index (χ1n) is 8.78. The Labute approximate surface area is 138 Å². The highest BCUT2D eigenvalue weighted by molar-refractivity contribution is 5.90. The van der Waals surface area contributed by atoms with Crippen LogP contribution in [0.25, 0.3) is 0 Å². The average Bonchev–Trinajstić information content (AvgIpc) is 2.55. The van der Waals surface area contributed by atoms with Gasteiger partial charge in [0.25, 0.3) is 0 Å². The predicted molar refractivity (Wildman–Crippen MR) is 89.6 cm³/mol. The number of aliphatic hydroxyl groups is 1. The van der Waals surface area contributed by atoms with Crippen LogP contribution in [-0.4, -0.2) is 42.2 Å². The van der Waals surface area contributed by atoms with Crippen molar-refractivity contribution >= 4 is 5.91 Å². The molecule has 3 rings (SSSR count). The number of nitrogens with zero attached hydrogens (tertiary/aromatic N) is 1. The summed E-state index contributed by atoms with van der Waals surface area (Å²) in [4.78, 5) is 15.5. The zero-order valence-corrected chi connectivity index (χ0v) is 14.0. The van der Waals surface area contributed by atoms with Crippen LogP contribution in [0, 0.1) is 0 Å². The highest BCUT2D eigenvalue weighted by atomic mass is 16.5. The van der Waals surface area contributed by atoms with Gasteiger partial charge < -0.3 is 14.7 Å². The molecule has 1 amide bonds. The monoisotopic (exact) mass is 317 g/mol. The van der Waals surface area contributed by atoms with Gasteiger partial charge in [0.05, 0.1) is 12.5 Å². The summed E-state index contributed by atoms with van der Waals surface area (Å²) in [6.45, 7) is 0.969. The Bertz CT molecular complexity index is 551. The van der Waals surface area contributed by atoms with Crippen LogP contribution in [0.5, 0.6) is 5.75 Å². The molecule has 23 heavy (non-hydrogen) atoms. The molecule has 1 aromatic rings. The molecule has 1 saturated carbocycles. The topological polar surface area (TPSA) is 49.8 Å². The lowest BCUT2D eigenvalue weighted by Crippen LogP contribution is -2.55. The maximum Gasteiger partial charge on any atom is 0.233 e. The average molecular weight is 317 g/mol. The first-order valence-corrected chi connectivity index (χ1v) is 8.78. The molecule has 1 atom stereocenters. The summed E-state index contributed by atoms with van der Waals surface area (Å²) in [6, 6.07) is 8.13. The fourth-order valence-electron chi connectivity index (χ4n) is 4.16. The van der Waals surface area contributed by atoms with Crippen LogP contribution in [0.2, 0.25) is 0 Å². The molecular weight excluding hydrogens is 290 g/mol. The lowest BCUT2D eigenvalue weighted by Gasteiger charge is -2.47. The maximum absolute atomic E-state index is 13.4. The molecule has 0 bridgehead atoms. The smallest absolute Gasteiger partial charge is 0.233 e. The first kappa shape index (κ1) is 16.3. The Kier molecular flexibility index (Phi) is 4.90. The van der Waals surface area contributed by atoms with Gasteiger partial charge in [0.1, 0.15) is 5.75 Å². The number of hydrogen-bond acceptors (Lipinski definition) is 3. The fourth-order valence-corrected chi connectivity index (χ4v) is 4.16. The van der Waals surface area contributed by atoms with Crippen molar-refractivity contribution in [1.29, 1.82) is 0 Å². The second-order valence-electron chi connectivity index (χ2n) is 6.80. The number of piperidine rings is 1. The van der Waals surface area contributed by atoms with Crippen molar-refractivity contribution in [3.05, 3.63) is 29.8 Å². The van der Waals surface area contributed by atoms with Gasteiger partial charge in [-0.25, -0.2) is 0 Å². The molecule has 0 aromatic heterocycles. The van der Waals surface area contributed by atoms with Gasteiger partial charge in [0.15, 0.2) is 0 Å². The third-order valence-corrected chi connectivity index (χ3v) is 5.59. The van der Waals surface area contributed by atoms with E-state index in [2.05, 4.69) is 0 Å². The first-order chi connectivity index (χ1) is 11.2. The number of methoxy groups -OCH3 is 1. The summed E-state index contributed by atoms with van der Waals surface area (Å²) >= 11 is 0. The van der Waals surface area contributed by atoms with Gasteiger partial charge in [0.2, 0.25) is 5.91 Å². The van der Waals surface area contributed by atoms with Crippen molar-refractivity contribution in [2.45, 2.75) is 56.4 Å². The normalized spacial score (nSPS) is 23.2. The lowest BCUT2D eigenvalue weighted by atomic mass is 9.63. The molecule has 1 aliphatic heterocycles. The van der Waals surface area contributed by atoms with E-state index in [1.165, 1.54) is 0 Å². The standard InChI is InChI=1S/C19H27NO3/c1-23-17-9-3-2-8-16(17)19(11-6-12-19)18(22)20-13-5-4-7-15(20)10-14-21/h2-3,8-9,15,21H,4-7,10-14H2,1H3. The molecule has 2 aliphatic rings. The molecule has 0 radical (unpaired) electrons. The van der Waals surface area contributed by atoms with Gasteiger partial charge in [-0.3, -0.25) is 4.79 Å². The summed E-state index contributed by atoms with van der Waals surface area (Å²) in [7, 11) is 1.67. The number of likely N-dealkylation sites (tertiary alicyclic amines) is 1. The predicted octanol–water partition coefficient (Wildman–Crippen LogP) is 2.88. The molecule has 4 nitrogen and oxygen atoms in total. The second kappa shape index (κ2) is 6.91. The Morgan fingerprint density at radius 3 is 2.74 bits per heavy atom. The summed E-state index contributed by atoms with van der Waals surface area (Å²) in [6.07, 6.45) is 6.79. The van der Waals surface area contributed by atoms with E-state index in [1.54, 1.807) is 7.11 Å². The van der Waals surface area contributed by atoms with Crippen LogP contribution in [0.4, 0.5) is 0 Å². The summed E-state index contributed by atoms with van der Waals surface area (Å²) in [5, 5.41) is 9.33. The van der Waals surface area contributed by atoms with Crippen molar-refractivity contribution in [2.24, 2.45) is 0 Å². The third kappa shape index (κ3) is 2.85. The van der Waals surface area contributed by atoms with E-state index in [1.807, 2.05) is 29.2 Å². The van der Waals surface area contributed by atoms with E-state index in [9.17, 15) is 9.90 Å². The van der Waals surface area contributed by atoms with Gasteiger partial charge in [-0.05, 0) is 44.6 Å². The Balaban J connectivity index is 1.91. The van der Waals surface area contributed by atoms with E-state index >= 15 is 0 Å². The summed E-state index contributed by atoms with van der Waals surface area (Å²) in [5.74, 6) is 1.06. The van der Waals surface area contributed by atoms with E-state index in [4.69, 9.17) is 4.74 Å². The number of para-hydroxylation sites is 1. The zero-order chi connectivity index (χ0) is 16.3. The molecule has 4 heteroatoms. The molecule has 2 fully saturated rings. The van der Waals surface area contributed by atoms with E-state index in [0.29, 0.717) is 6.42 Å². The molecule has 1 heterocycles. The van der Waals surface area contributed by atoms with Crippen LogP contribution in [0.3, 0.4) is 0 Å². The molecule has 1 N–H and O–H groups in total. The van der Waals surface area contributed by atoms with Gasteiger partial charge in [0, 0.05) is 24.8 Å². The number of ether oxygens (including phenoxy) is 1. The SMILES string of the molecule is COc1ccccc1C1(C(=O)N2CCCCC2CCO)CCC1. The molecule has 0 spiro atoms. The number of hydrogen-bond donors (Lipinski definition) is 1. The Morgan fingerprint density at radius 1 is 1.30 bits per heavy atom. The number of aliphatic hydroxyl groups excluding tert-OH is 1. The highest BCUT2D eigenvalue weighted by Gasteiger charge is 2.50. The quantitative estimate of drug-likeness (QED) is 0.908. The second-order valence-corrected chi connectivity index (χ2v) is 6.80. The van der Waals surface area contributed by atoms with E-state index in [-0.39, 0.29) is 18.6 Å². The number of rotatable bonds is 5. The van der Waals surface area contributed by atoms with E-state index < -0.39 is 5.41 Å². The number of carbonyl (C=O) groups excluding carboxylic acids is 1. The van der Waals surface area contributed by atoms with Crippen molar-refractivity contribution in [1.82, 2.24) is 4.90 Å². The van der Waals surface area contributed by atoms with Crippen LogP contribution in [0.1, 0.15) is 50.5 Å². The molecule has 1 aliphatic carbocycles. The summed E-state index contributed by atoms with van der Waals surface area (Å²) < 4.78 is 5.53. The van der Waals surface area contributed by atoms with Gasteiger partial charge in [-0.2, -0.15) is 0 Å². The summed E-state index contributed by atoms with van der Waals surface area (Å²) in [5.41, 5.74) is 0.615. The minimum absolute atomic E-state index is 0.149. The van der Waals surface area contributed by atoms with Gasteiger partial charge >= 0.3 is 0 Å². The minimum atomic E-state index is -0.419. The Hall–Kier alpha value is -1.55. The van der Waals surface area contributed by atoms with Crippen LogP contribution >= 0.6 is 0 Å². The maximum atomic E-state index is 13.4. The van der Waals surface area contributed by atoms with E-state index in [0.717, 1.165) is 56.4 Å². The Morgan fingerprint density at radius 2 is 2.09 bits per heavy atom. The van der Waals surface area contributed by atoms with Crippen LogP contribution in [-0.2, 0) is 10.2 Å². The molecule has 1 aromatic carbocycles. The third-order valence-electron chi connectivity index (χ3n) is 5.59. The molecular formula is C19H27NO3. The van der Waals surface area contributed by atoms with Crippen molar-refractivity contribution < 1.29 is 14.6 Å². The minimum Gasteiger partial charge on any atom is -0.496 e. The van der Waals surface area contributed by atoms with Crippen LogP contribution in [0.15, 0.2) is 24.3 Å².